The molecule has 6 nitrogen and oxygen atoms in total. The molecule has 2 N–H and O–H groups in total. The monoisotopic (exact) mass is 435 g/mol. The summed E-state index contributed by atoms with van der Waals surface area (Å²) in [7, 11) is -3.68. The molecule has 3 rings (SSSR count). The molecule has 1 amide bonds. The van der Waals surface area contributed by atoms with Gasteiger partial charge in [-0.2, -0.15) is 0 Å². The number of piperidine rings is 1. The Morgan fingerprint density at radius 1 is 1.31 bits per heavy atom. The fourth-order valence-corrected chi connectivity index (χ4v) is 5.45. The van der Waals surface area contributed by atoms with Crippen molar-refractivity contribution in [2.75, 3.05) is 19.6 Å². The summed E-state index contributed by atoms with van der Waals surface area (Å²) < 4.78 is 27.7. The molecule has 2 unspecified atom stereocenters. The maximum absolute atomic E-state index is 12.6. The number of amides is 1. The standard InChI is InChI=1S/C21H29N3O3S2/c1-16-6-4-10-24(14-16)15-17(2)23-21(25)18-7-3-9-20(12-18)29(26,27)22-13-19-8-5-11-28-19/h3,5,7-9,11-12,16-17,22H,4,6,10,13-15H2,1-2H3,(H,23,25). The van der Waals surface area contributed by atoms with Gasteiger partial charge in [0, 0.05) is 36.1 Å². The number of benzene rings is 1. The Morgan fingerprint density at radius 2 is 2.14 bits per heavy atom. The van der Waals surface area contributed by atoms with E-state index in [9.17, 15) is 13.2 Å². The van der Waals surface area contributed by atoms with Crippen LogP contribution in [0.3, 0.4) is 0 Å². The molecule has 2 atom stereocenters. The Labute approximate surface area is 177 Å². The van der Waals surface area contributed by atoms with Gasteiger partial charge in [0.15, 0.2) is 0 Å². The van der Waals surface area contributed by atoms with Gasteiger partial charge in [-0.1, -0.05) is 19.1 Å². The Hall–Kier alpha value is -1.74. The highest BCUT2D eigenvalue weighted by molar-refractivity contribution is 7.89. The normalized spacial score (nSPS) is 19.0. The minimum Gasteiger partial charge on any atom is -0.348 e. The van der Waals surface area contributed by atoms with E-state index in [1.165, 1.54) is 36.3 Å². The van der Waals surface area contributed by atoms with Crippen LogP contribution in [0.2, 0.25) is 0 Å². The van der Waals surface area contributed by atoms with Gasteiger partial charge in [-0.3, -0.25) is 4.79 Å². The molecule has 1 saturated heterocycles. The van der Waals surface area contributed by atoms with E-state index < -0.39 is 10.0 Å². The van der Waals surface area contributed by atoms with Crippen molar-refractivity contribution in [1.82, 2.24) is 14.9 Å². The number of carbonyl (C=O) groups excluding carboxylic acids is 1. The predicted molar refractivity (Wildman–Crippen MR) is 117 cm³/mol. The third-order valence-corrected chi connectivity index (χ3v) is 7.35. The fraction of sp³-hybridized carbons (Fsp3) is 0.476. The zero-order valence-electron chi connectivity index (χ0n) is 16.9. The summed E-state index contributed by atoms with van der Waals surface area (Å²) in [5.41, 5.74) is 0.350. The van der Waals surface area contributed by atoms with Crippen molar-refractivity contribution in [1.29, 1.82) is 0 Å². The third kappa shape index (κ3) is 6.37. The van der Waals surface area contributed by atoms with Gasteiger partial charge >= 0.3 is 0 Å². The van der Waals surface area contributed by atoms with Crippen LogP contribution in [-0.4, -0.2) is 44.9 Å². The summed E-state index contributed by atoms with van der Waals surface area (Å²) in [6.07, 6.45) is 2.46. The van der Waals surface area contributed by atoms with Crippen LogP contribution in [0, 0.1) is 5.92 Å². The third-order valence-electron chi connectivity index (χ3n) is 5.07. The van der Waals surface area contributed by atoms with Crippen LogP contribution >= 0.6 is 11.3 Å². The summed E-state index contributed by atoms with van der Waals surface area (Å²) in [4.78, 5) is 16.1. The summed E-state index contributed by atoms with van der Waals surface area (Å²) in [6, 6.07) is 9.93. The molecular weight excluding hydrogens is 406 g/mol. The highest BCUT2D eigenvalue weighted by Gasteiger charge is 2.20. The molecule has 1 fully saturated rings. The Balaban J connectivity index is 1.59. The van der Waals surface area contributed by atoms with Crippen LogP contribution in [0.25, 0.3) is 0 Å². The van der Waals surface area contributed by atoms with Crippen molar-refractivity contribution in [2.24, 2.45) is 5.92 Å². The van der Waals surface area contributed by atoms with Gasteiger partial charge in [-0.05, 0) is 61.9 Å². The number of hydrogen-bond acceptors (Lipinski definition) is 5. The van der Waals surface area contributed by atoms with Crippen molar-refractivity contribution < 1.29 is 13.2 Å². The molecule has 2 aromatic rings. The smallest absolute Gasteiger partial charge is 0.251 e. The number of carbonyl (C=O) groups is 1. The Bertz CT molecular complexity index is 913. The first-order valence-corrected chi connectivity index (χ1v) is 12.3. The highest BCUT2D eigenvalue weighted by atomic mass is 32.2. The number of hydrogen-bond donors (Lipinski definition) is 2. The van der Waals surface area contributed by atoms with Crippen LogP contribution in [-0.2, 0) is 16.6 Å². The van der Waals surface area contributed by atoms with E-state index in [1.54, 1.807) is 12.1 Å². The summed E-state index contributed by atoms with van der Waals surface area (Å²) in [5, 5.41) is 4.90. The molecule has 8 heteroatoms. The maximum Gasteiger partial charge on any atom is 0.251 e. The number of rotatable bonds is 8. The van der Waals surface area contributed by atoms with Gasteiger partial charge < -0.3 is 10.2 Å². The van der Waals surface area contributed by atoms with E-state index in [0.717, 1.165) is 24.5 Å². The zero-order valence-corrected chi connectivity index (χ0v) is 18.6. The number of nitrogens with zero attached hydrogens (tertiary/aromatic N) is 1. The van der Waals surface area contributed by atoms with E-state index >= 15 is 0 Å². The van der Waals surface area contributed by atoms with Crippen molar-refractivity contribution in [2.45, 2.75) is 44.2 Å². The average molecular weight is 436 g/mol. The molecule has 0 aliphatic carbocycles. The van der Waals surface area contributed by atoms with Crippen molar-refractivity contribution >= 4 is 27.3 Å². The molecule has 1 aromatic carbocycles. The van der Waals surface area contributed by atoms with Crippen LogP contribution in [0.15, 0.2) is 46.7 Å². The average Bonchev–Trinajstić information content (AvgIpc) is 3.20. The first kappa shape index (κ1) is 22.0. The fourth-order valence-electron chi connectivity index (χ4n) is 3.66. The largest absolute Gasteiger partial charge is 0.348 e. The summed E-state index contributed by atoms with van der Waals surface area (Å²) >= 11 is 1.49. The van der Waals surface area contributed by atoms with Gasteiger partial charge in [0.1, 0.15) is 0 Å². The van der Waals surface area contributed by atoms with Gasteiger partial charge in [0.05, 0.1) is 4.90 Å². The first-order valence-electron chi connectivity index (χ1n) is 9.99. The topological polar surface area (TPSA) is 78.5 Å². The second-order valence-electron chi connectivity index (χ2n) is 7.81. The van der Waals surface area contributed by atoms with E-state index in [2.05, 4.69) is 21.9 Å². The van der Waals surface area contributed by atoms with E-state index in [-0.39, 0.29) is 23.4 Å². The van der Waals surface area contributed by atoms with E-state index in [4.69, 9.17) is 0 Å². The molecule has 0 saturated carbocycles. The van der Waals surface area contributed by atoms with Gasteiger partial charge in [-0.25, -0.2) is 13.1 Å². The van der Waals surface area contributed by atoms with E-state index in [1.807, 2.05) is 24.4 Å². The SMILES string of the molecule is CC1CCCN(CC(C)NC(=O)c2cccc(S(=O)(=O)NCc3cccs3)c2)C1. The first-order chi connectivity index (χ1) is 13.8. The van der Waals surface area contributed by atoms with Gasteiger partial charge in [0.2, 0.25) is 10.0 Å². The Morgan fingerprint density at radius 3 is 2.86 bits per heavy atom. The second kappa shape index (κ2) is 9.84. The van der Waals surface area contributed by atoms with Gasteiger partial charge in [0.25, 0.3) is 5.91 Å². The lowest BCUT2D eigenvalue weighted by molar-refractivity contribution is 0.0919. The van der Waals surface area contributed by atoms with Crippen molar-refractivity contribution in [3.8, 4) is 0 Å². The molecule has 1 aliphatic rings. The number of sulfonamides is 1. The lowest BCUT2D eigenvalue weighted by Crippen LogP contribution is -2.45. The second-order valence-corrected chi connectivity index (χ2v) is 10.6. The molecule has 0 spiro atoms. The van der Waals surface area contributed by atoms with Crippen molar-refractivity contribution in [3.05, 3.63) is 52.2 Å². The number of nitrogens with one attached hydrogen (secondary N) is 2. The molecule has 1 aromatic heterocycles. The molecule has 29 heavy (non-hydrogen) atoms. The lowest BCUT2D eigenvalue weighted by atomic mass is 10.00. The van der Waals surface area contributed by atoms with E-state index in [0.29, 0.717) is 11.5 Å². The van der Waals surface area contributed by atoms with Crippen LogP contribution in [0.5, 0.6) is 0 Å². The minimum absolute atomic E-state index is 0.00924. The highest BCUT2D eigenvalue weighted by Crippen LogP contribution is 2.16. The summed E-state index contributed by atoms with van der Waals surface area (Å²) in [5.74, 6) is 0.438. The lowest BCUT2D eigenvalue weighted by Gasteiger charge is -2.32. The Kier molecular flexibility index (Phi) is 7.45. The number of thiophene rings is 1. The van der Waals surface area contributed by atoms with Crippen LogP contribution in [0.1, 0.15) is 41.9 Å². The molecule has 0 bridgehead atoms. The molecule has 1 aliphatic heterocycles. The minimum atomic E-state index is -3.68. The molecule has 158 valence electrons. The van der Waals surface area contributed by atoms with Crippen LogP contribution in [0.4, 0.5) is 0 Å². The number of likely N-dealkylation sites (tertiary alicyclic amines) is 1. The quantitative estimate of drug-likeness (QED) is 0.668. The molecule has 0 radical (unpaired) electrons. The predicted octanol–water partition coefficient (Wildman–Crippen LogP) is 3.08. The molecular formula is C21H29N3O3S2. The summed E-state index contributed by atoms with van der Waals surface area (Å²) in [6.45, 7) is 7.41. The van der Waals surface area contributed by atoms with Crippen LogP contribution < -0.4 is 10.0 Å². The zero-order chi connectivity index (χ0) is 20.9. The maximum atomic E-state index is 12.6. The van der Waals surface area contributed by atoms with Crippen molar-refractivity contribution in [3.63, 3.8) is 0 Å². The van der Waals surface area contributed by atoms with Gasteiger partial charge in [-0.15, -0.1) is 11.3 Å². The molecule has 2 heterocycles.